The Balaban J connectivity index is 1.56. The first-order valence-corrected chi connectivity index (χ1v) is 9.17. The summed E-state index contributed by atoms with van der Waals surface area (Å²) in [4.78, 5) is 41.9. The minimum Gasteiger partial charge on any atom is -0.350 e. The van der Waals surface area contributed by atoms with Gasteiger partial charge in [-0.1, -0.05) is 23.2 Å². The number of aromatic amines is 1. The summed E-state index contributed by atoms with van der Waals surface area (Å²) >= 11 is 11.8. The Kier molecular flexibility index (Phi) is 4.70. The number of anilines is 1. The lowest BCUT2D eigenvalue weighted by Crippen LogP contribution is -2.59. The molecule has 1 saturated heterocycles. The number of nitrogens with one attached hydrogen (secondary N) is 2. The van der Waals surface area contributed by atoms with Gasteiger partial charge >= 0.3 is 6.03 Å². The highest BCUT2D eigenvalue weighted by Crippen LogP contribution is 2.23. The Bertz CT molecular complexity index is 1090. The molecule has 4 rings (SSSR count). The number of fused-ring (bicyclic) bond motifs is 1. The molecule has 0 saturated carbocycles. The first kappa shape index (κ1) is 18.3. The molecule has 0 radical (unpaired) electrons. The van der Waals surface area contributed by atoms with E-state index in [0.29, 0.717) is 21.2 Å². The molecule has 1 aromatic heterocycles. The summed E-state index contributed by atoms with van der Waals surface area (Å²) in [5, 5.41) is 2.56. The number of rotatable bonds is 3. The summed E-state index contributed by atoms with van der Waals surface area (Å²) in [7, 11) is 0. The zero-order valence-electron chi connectivity index (χ0n) is 14.4. The lowest BCUT2D eigenvalue weighted by atomic mass is 10.2. The van der Waals surface area contributed by atoms with Crippen molar-refractivity contribution in [3.8, 4) is 0 Å². The van der Waals surface area contributed by atoms with Crippen molar-refractivity contribution in [3.63, 3.8) is 0 Å². The van der Waals surface area contributed by atoms with E-state index in [1.54, 1.807) is 48.5 Å². The van der Waals surface area contributed by atoms with Gasteiger partial charge in [-0.3, -0.25) is 19.9 Å². The highest BCUT2D eigenvalue weighted by molar-refractivity contribution is 6.31. The zero-order chi connectivity index (χ0) is 19.8. The second kappa shape index (κ2) is 7.18. The molecule has 1 fully saturated rings. The minimum absolute atomic E-state index is 0.0803. The van der Waals surface area contributed by atoms with E-state index < -0.39 is 17.8 Å². The number of hydrazine groups is 1. The Morgan fingerprint density at radius 2 is 1.71 bits per heavy atom. The number of carbonyl (C=O) groups excluding carboxylic acids is 3. The summed E-state index contributed by atoms with van der Waals surface area (Å²) in [6, 6.07) is 12.8. The fourth-order valence-corrected chi connectivity index (χ4v) is 3.31. The number of aromatic nitrogens is 1. The van der Waals surface area contributed by atoms with Crippen LogP contribution in [0.3, 0.4) is 0 Å². The van der Waals surface area contributed by atoms with Gasteiger partial charge in [-0.2, -0.15) is 5.01 Å². The zero-order valence-corrected chi connectivity index (χ0v) is 15.9. The maximum atomic E-state index is 12.8. The Labute approximate surface area is 169 Å². The molecule has 7 nitrogen and oxygen atoms in total. The molecule has 3 aromatic rings. The SMILES string of the molecule is O=C(NN1C(=O)CCN(c2ccc(Cl)cc2)C1=O)c1cc2cc(Cl)ccc2[nH]1. The average molecular weight is 417 g/mol. The van der Waals surface area contributed by atoms with Gasteiger partial charge in [0, 0.05) is 39.6 Å². The van der Waals surface area contributed by atoms with E-state index >= 15 is 0 Å². The predicted molar refractivity (Wildman–Crippen MR) is 106 cm³/mol. The topological polar surface area (TPSA) is 85.5 Å². The number of benzene rings is 2. The maximum Gasteiger partial charge on any atom is 0.350 e. The fraction of sp³-hybridized carbons (Fsp3) is 0.105. The predicted octanol–water partition coefficient (Wildman–Crippen LogP) is 3.98. The first-order chi connectivity index (χ1) is 13.4. The van der Waals surface area contributed by atoms with Crippen LogP contribution in [0.1, 0.15) is 16.9 Å². The number of halogens is 2. The molecule has 0 spiro atoms. The van der Waals surface area contributed by atoms with E-state index in [1.165, 1.54) is 4.90 Å². The van der Waals surface area contributed by atoms with Crippen molar-refractivity contribution in [2.45, 2.75) is 6.42 Å². The van der Waals surface area contributed by atoms with Crippen LogP contribution in [0.2, 0.25) is 10.0 Å². The van der Waals surface area contributed by atoms with Crippen molar-refractivity contribution in [2.24, 2.45) is 0 Å². The van der Waals surface area contributed by atoms with Gasteiger partial charge in [0.05, 0.1) is 0 Å². The van der Waals surface area contributed by atoms with Gasteiger partial charge in [0.25, 0.3) is 11.8 Å². The molecule has 0 aliphatic carbocycles. The van der Waals surface area contributed by atoms with Crippen LogP contribution in [0.25, 0.3) is 10.9 Å². The number of imide groups is 1. The van der Waals surface area contributed by atoms with E-state index in [9.17, 15) is 14.4 Å². The Hall–Kier alpha value is -3.03. The van der Waals surface area contributed by atoms with E-state index in [4.69, 9.17) is 23.2 Å². The fourth-order valence-electron chi connectivity index (χ4n) is 3.00. The van der Waals surface area contributed by atoms with Gasteiger partial charge in [0.15, 0.2) is 0 Å². The van der Waals surface area contributed by atoms with Crippen LogP contribution in [-0.2, 0) is 4.79 Å². The summed E-state index contributed by atoms with van der Waals surface area (Å²) in [5.41, 5.74) is 3.90. The van der Waals surface area contributed by atoms with Gasteiger partial charge in [-0.25, -0.2) is 4.79 Å². The van der Waals surface area contributed by atoms with Crippen LogP contribution < -0.4 is 10.3 Å². The number of nitrogens with zero attached hydrogens (tertiary/aromatic N) is 2. The summed E-state index contributed by atoms with van der Waals surface area (Å²) < 4.78 is 0. The quantitative estimate of drug-likeness (QED) is 0.676. The molecule has 2 aromatic carbocycles. The number of urea groups is 1. The molecule has 2 heterocycles. The summed E-state index contributed by atoms with van der Waals surface area (Å²) in [6.45, 7) is 0.219. The van der Waals surface area contributed by atoms with Crippen LogP contribution in [-0.4, -0.2) is 34.4 Å². The summed E-state index contributed by atoms with van der Waals surface area (Å²) in [6.07, 6.45) is 0.0803. The van der Waals surface area contributed by atoms with Gasteiger partial charge in [-0.05, 0) is 48.5 Å². The largest absolute Gasteiger partial charge is 0.350 e. The minimum atomic E-state index is -0.633. The van der Waals surface area contributed by atoms with Crippen molar-refractivity contribution in [2.75, 3.05) is 11.4 Å². The standard InChI is InChI=1S/C19H14Cl2N4O3/c20-12-1-4-14(5-2-12)24-8-7-17(26)25(19(24)28)23-18(27)16-10-11-9-13(21)3-6-15(11)22-16/h1-6,9-10,22H,7-8H2,(H,23,27). The van der Waals surface area contributed by atoms with E-state index in [2.05, 4.69) is 10.4 Å². The number of amides is 4. The van der Waals surface area contributed by atoms with Crippen LogP contribution in [0.15, 0.2) is 48.5 Å². The molecular weight excluding hydrogens is 403 g/mol. The highest BCUT2D eigenvalue weighted by Gasteiger charge is 2.34. The molecular formula is C19H14Cl2N4O3. The average Bonchev–Trinajstić information content (AvgIpc) is 3.09. The Morgan fingerprint density at radius 3 is 2.46 bits per heavy atom. The molecule has 0 unspecified atom stereocenters. The second-order valence-electron chi connectivity index (χ2n) is 6.25. The maximum absolute atomic E-state index is 12.8. The van der Waals surface area contributed by atoms with Crippen LogP contribution in [0.4, 0.5) is 10.5 Å². The lowest BCUT2D eigenvalue weighted by Gasteiger charge is -2.33. The monoisotopic (exact) mass is 416 g/mol. The number of hydrogen-bond acceptors (Lipinski definition) is 3. The molecule has 1 aliphatic heterocycles. The van der Waals surface area contributed by atoms with E-state index in [-0.39, 0.29) is 18.7 Å². The lowest BCUT2D eigenvalue weighted by molar-refractivity contribution is -0.130. The third kappa shape index (κ3) is 3.42. The van der Waals surface area contributed by atoms with Gasteiger partial charge in [-0.15, -0.1) is 0 Å². The molecule has 0 bridgehead atoms. The first-order valence-electron chi connectivity index (χ1n) is 8.41. The summed E-state index contributed by atoms with van der Waals surface area (Å²) in [5.74, 6) is -1.09. The van der Waals surface area contributed by atoms with Crippen LogP contribution in [0, 0.1) is 0 Å². The van der Waals surface area contributed by atoms with Gasteiger partial charge in [0.1, 0.15) is 5.69 Å². The molecule has 4 amide bonds. The van der Waals surface area contributed by atoms with Crippen molar-refractivity contribution >= 4 is 57.6 Å². The van der Waals surface area contributed by atoms with Crippen molar-refractivity contribution in [3.05, 3.63) is 64.3 Å². The molecule has 28 heavy (non-hydrogen) atoms. The Morgan fingerprint density at radius 1 is 1.00 bits per heavy atom. The molecule has 9 heteroatoms. The third-order valence-electron chi connectivity index (χ3n) is 4.40. The molecule has 2 N–H and O–H groups in total. The van der Waals surface area contributed by atoms with Crippen molar-refractivity contribution in [1.29, 1.82) is 0 Å². The molecule has 1 aliphatic rings. The molecule has 142 valence electrons. The highest BCUT2D eigenvalue weighted by atomic mass is 35.5. The smallest absolute Gasteiger partial charge is 0.350 e. The normalized spacial score (nSPS) is 14.6. The van der Waals surface area contributed by atoms with E-state index in [0.717, 1.165) is 10.4 Å². The van der Waals surface area contributed by atoms with Gasteiger partial charge < -0.3 is 4.98 Å². The van der Waals surface area contributed by atoms with Crippen molar-refractivity contribution in [1.82, 2.24) is 15.4 Å². The van der Waals surface area contributed by atoms with Crippen molar-refractivity contribution < 1.29 is 14.4 Å². The molecule has 0 atom stereocenters. The van der Waals surface area contributed by atoms with E-state index in [1.807, 2.05) is 0 Å². The van der Waals surface area contributed by atoms with Crippen LogP contribution in [0.5, 0.6) is 0 Å². The van der Waals surface area contributed by atoms with Crippen LogP contribution >= 0.6 is 23.2 Å². The number of H-pyrrole nitrogens is 1. The third-order valence-corrected chi connectivity index (χ3v) is 4.89. The number of hydrogen-bond donors (Lipinski definition) is 2. The number of carbonyl (C=O) groups is 3. The second-order valence-corrected chi connectivity index (χ2v) is 7.12. The van der Waals surface area contributed by atoms with Gasteiger partial charge in [0.2, 0.25) is 0 Å².